The molecule has 2 aromatic carbocycles. The zero-order valence-electron chi connectivity index (χ0n) is 14.9. The minimum absolute atomic E-state index is 0.433. The van der Waals surface area contributed by atoms with Gasteiger partial charge in [0.15, 0.2) is 0 Å². The van der Waals surface area contributed by atoms with Gasteiger partial charge < -0.3 is 5.11 Å². The van der Waals surface area contributed by atoms with Crippen molar-refractivity contribution >= 4 is 5.78 Å². The van der Waals surface area contributed by atoms with Crippen LogP contribution in [0.15, 0.2) is 54.6 Å². The van der Waals surface area contributed by atoms with Crippen LogP contribution in [0.1, 0.15) is 42.3 Å². The highest BCUT2D eigenvalue weighted by molar-refractivity contribution is 6.02. The summed E-state index contributed by atoms with van der Waals surface area (Å²) in [6, 6.07) is 9.87. The summed E-state index contributed by atoms with van der Waals surface area (Å²) in [7, 11) is 0. The minimum atomic E-state index is -5.79. The highest BCUT2D eigenvalue weighted by Crippen LogP contribution is 2.50. The Kier molecular flexibility index (Phi) is 5.22. The largest absolute Gasteiger partial charge is 0.428 e. The maximum Gasteiger partial charge on any atom is 0.428 e. The Morgan fingerprint density at radius 3 is 1.63 bits per heavy atom. The first-order valence-electron chi connectivity index (χ1n) is 8.10. The van der Waals surface area contributed by atoms with Gasteiger partial charge in [-0.3, -0.25) is 4.79 Å². The third-order valence-corrected chi connectivity index (χ3v) is 4.35. The first-order chi connectivity index (χ1) is 12.2. The second-order valence-electron chi connectivity index (χ2n) is 7.31. The molecule has 0 saturated carbocycles. The summed E-state index contributed by atoms with van der Waals surface area (Å²) in [5.74, 6) is -7.24. The highest BCUT2D eigenvalue weighted by Gasteiger charge is 2.73. The van der Waals surface area contributed by atoms with Crippen molar-refractivity contribution < 1.29 is 31.9 Å². The summed E-state index contributed by atoms with van der Waals surface area (Å²) < 4.78 is 70.3. The maximum atomic E-state index is 14.7. The van der Waals surface area contributed by atoms with Gasteiger partial charge in [0.05, 0.1) is 0 Å². The molecule has 0 saturated heterocycles. The van der Waals surface area contributed by atoms with Crippen LogP contribution in [0, 0.1) is 0 Å². The lowest BCUT2D eigenvalue weighted by Crippen LogP contribution is -2.59. The minimum Gasteiger partial charge on any atom is -0.371 e. The zero-order valence-corrected chi connectivity index (χ0v) is 14.9. The van der Waals surface area contributed by atoms with Crippen molar-refractivity contribution in [1.29, 1.82) is 0 Å². The van der Waals surface area contributed by atoms with Gasteiger partial charge >= 0.3 is 12.1 Å². The Bertz CT molecular complexity index is 805. The fourth-order valence-electron chi connectivity index (χ4n) is 2.67. The Labute approximate surface area is 153 Å². The number of hydrogen-bond acceptors (Lipinski definition) is 2. The molecule has 0 aliphatic carbocycles. The standard InChI is InChI=1S/C20H19F5O2/c1-17(2,3)14-9-11-15(12-10-14)18(27,20(23,24)25)19(21,22)16(26)13-7-5-4-6-8-13/h4-12,27H,1-3H3. The zero-order chi connectivity index (χ0) is 20.7. The van der Waals surface area contributed by atoms with Crippen molar-refractivity contribution in [2.45, 2.75) is 43.9 Å². The average molecular weight is 386 g/mol. The van der Waals surface area contributed by atoms with Crippen molar-refractivity contribution in [1.82, 2.24) is 0 Å². The van der Waals surface area contributed by atoms with Crippen LogP contribution < -0.4 is 0 Å². The third-order valence-electron chi connectivity index (χ3n) is 4.35. The molecule has 1 N–H and O–H groups in total. The lowest BCUT2D eigenvalue weighted by atomic mass is 9.80. The van der Waals surface area contributed by atoms with Gasteiger partial charge in [-0.05, 0) is 16.5 Å². The van der Waals surface area contributed by atoms with Crippen LogP contribution in [0.3, 0.4) is 0 Å². The van der Waals surface area contributed by atoms with E-state index < -0.39 is 40.0 Å². The number of rotatable bonds is 4. The molecule has 146 valence electrons. The highest BCUT2D eigenvalue weighted by atomic mass is 19.4. The van der Waals surface area contributed by atoms with E-state index in [1.54, 1.807) is 20.8 Å². The van der Waals surface area contributed by atoms with Crippen LogP contribution in [-0.4, -0.2) is 23.0 Å². The smallest absolute Gasteiger partial charge is 0.371 e. The summed E-state index contributed by atoms with van der Waals surface area (Å²) in [5, 5.41) is 10.2. The van der Waals surface area contributed by atoms with Crippen LogP contribution in [0.4, 0.5) is 22.0 Å². The molecule has 2 rings (SSSR count). The monoisotopic (exact) mass is 386 g/mol. The molecular formula is C20H19F5O2. The van der Waals surface area contributed by atoms with Crippen molar-refractivity contribution in [2.75, 3.05) is 0 Å². The van der Waals surface area contributed by atoms with Crippen molar-refractivity contribution in [2.24, 2.45) is 0 Å². The van der Waals surface area contributed by atoms with Crippen LogP contribution in [-0.2, 0) is 11.0 Å². The number of aliphatic hydroxyl groups is 1. The van der Waals surface area contributed by atoms with Gasteiger partial charge in [0.1, 0.15) is 0 Å². The lowest BCUT2D eigenvalue weighted by molar-refractivity contribution is -0.324. The third kappa shape index (κ3) is 3.60. The molecule has 1 atom stereocenters. The number of ketones is 1. The van der Waals surface area contributed by atoms with Gasteiger partial charge in [0.2, 0.25) is 5.78 Å². The molecule has 0 aliphatic heterocycles. The normalized spacial score (nSPS) is 15.3. The number of carbonyl (C=O) groups excluding carboxylic acids is 1. The van der Waals surface area contributed by atoms with E-state index in [2.05, 4.69) is 0 Å². The van der Waals surface area contributed by atoms with E-state index in [1.807, 2.05) is 0 Å². The predicted molar refractivity (Wildman–Crippen MR) is 90.8 cm³/mol. The molecule has 0 aliphatic rings. The van der Waals surface area contributed by atoms with Gasteiger partial charge in [-0.15, -0.1) is 0 Å². The van der Waals surface area contributed by atoms with Gasteiger partial charge in [-0.2, -0.15) is 22.0 Å². The molecule has 2 aromatic rings. The molecule has 0 heterocycles. The van der Waals surface area contributed by atoms with Gasteiger partial charge in [-0.1, -0.05) is 75.4 Å². The Balaban J connectivity index is 2.61. The van der Waals surface area contributed by atoms with E-state index in [0.717, 1.165) is 24.3 Å². The van der Waals surface area contributed by atoms with Crippen molar-refractivity contribution in [3.63, 3.8) is 0 Å². The first-order valence-corrected chi connectivity index (χ1v) is 8.10. The number of carbonyl (C=O) groups is 1. The van der Waals surface area contributed by atoms with Crippen LogP contribution in [0.5, 0.6) is 0 Å². The quantitative estimate of drug-likeness (QED) is 0.576. The fourth-order valence-corrected chi connectivity index (χ4v) is 2.67. The molecule has 0 amide bonds. The molecule has 27 heavy (non-hydrogen) atoms. The summed E-state index contributed by atoms with van der Waals surface area (Å²) in [6.07, 6.45) is -5.79. The van der Waals surface area contributed by atoms with Crippen LogP contribution in [0.25, 0.3) is 0 Å². The number of Topliss-reactive ketones (excluding diaryl/α,β-unsaturated/α-hetero) is 1. The summed E-state index contributed by atoms with van der Waals surface area (Å²) in [4.78, 5) is 12.1. The van der Waals surface area contributed by atoms with Gasteiger partial charge in [0, 0.05) is 5.56 Å². The van der Waals surface area contributed by atoms with E-state index in [9.17, 15) is 31.9 Å². The van der Waals surface area contributed by atoms with Crippen LogP contribution >= 0.6 is 0 Å². The topological polar surface area (TPSA) is 37.3 Å². The van der Waals surface area contributed by atoms with Gasteiger partial charge in [-0.25, -0.2) is 0 Å². The molecular weight excluding hydrogens is 367 g/mol. The van der Waals surface area contributed by atoms with E-state index in [1.165, 1.54) is 30.3 Å². The van der Waals surface area contributed by atoms with Crippen molar-refractivity contribution in [3.8, 4) is 0 Å². The SMILES string of the molecule is CC(C)(C)c1ccc(C(O)(C(F)(F)F)C(F)(F)C(=O)c2ccccc2)cc1. The Hall–Kier alpha value is -2.28. The molecule has 0 bridgehead atoms. The molecule has 0 spiro atoms. The molecule has 7 heteroatoms. The first kappa shape index (κ1) is 21.0. The fraction of sp³-hybridized carbons (Fsp3) is 0.350. The molecule has 2 nitrogen and oxygen atoms in total. The second-order valence-corrected chi connectivity index (χ2v) is 7.31. The molecule has 0 radical (unpaired) electrons. The Morgan fingerprint density at radius 1 is 0.778 bits per heavy atom. The lowest BCUT2D eigenvalue weighted by Gasteiger charge is -2.37. The van der Waals surface area contributed by atoms with E-state index in [-0.39, 0.29) is 0 Å². The van der Waals surface area contributed by atoms with E-state index in [4.69, 9.17) is 0 Å². The molecule has 0 aromatic heterocycles. The summed E-state index contributed by atoms with van der Waals surface area (Å²) in [6.45, 7) is 5.39. The number of alkyl halides is 5. The van der Waals surface area contributed by atoms with Crippen LogP contribution in [0.2, 0.25) is 0 Å². The maximum absolute atomic E-state index is 14.7. The van der Waals surface area contributed by atoms with E-state index in [0.29, 0.717) is 5.56 Å². The summed E-state index contributed by atoms with van der Waals surface area (Å²) >= 11 is 0. The van der Waals surface area contributed by atoms with Crippen molar-refractivity contribution in [3.05, 3.63) is 71.3 Å². The predicted octanol–water partition coefficient (Wildman–Crippen LogP) is 5.25. The second kappa shape index (κ2) is 6.71. The number of hydrogen-bond donors (Lipinski definition) is 1. The Morgan fingerprint density at radius 2 is 1.22 bits per heavy atom. The molecule has 1 unspecified atom stereocenters. The summed E-state index contributed by atoms with van der Waals surface area (Å²) in [5.41, 5.74) is -6.23. The number of benzene rings is 2. The van der Waals surface area contributed by atoms with E-state index >= 15 is 0 Å². The number of halogens is 5. The molecule has 0 fully saturated rings. The van der Waals surface area contributed by atoms with Gasteiger partial charge in [0.25, 0.3) is 5.60 Å². The average Bonchev–Trinajstić information content (AvgIpc) is 2.59.